The molecule has 1 aromatic heterocycles. The first kappa shape index (κ1) is 13.6. The number of nitrogens with one attached hydrogen (secondary N) is 1. The van der Waals surface area contributed by atoms with Gasteiger partial charge in [-0.2, -0.15) is 0 Å². The highest BCUT2D eigenvalue weighted by molar-refractivity contribution is 9.10. The topological polar surface area (TPSA) is 29.1 Å². The van der Waals surface area contributed by atoms with Gasteiger partial charge in [-0.1, -0.05) is 33.6 Å². The van der Waals surface area contributed by atoms with E-state index < -0.39 is 0 Å². The Bertz CT molecular complexity index is 536. The van der Waals surface area contributed by atoms with Crippen LogP contribution in [-0.2, 0) is 0 Å². The van der Waals surface area contributed by atoms with Gasteiger partial charge in [-0.15, -0.1) is 11.3 Å². The summed E-state index contributed by atoms with van der Waals surface area (Å²) in [6.45, 7) is 1.96. The molecule has 0 bridgehead atoms. The molecule has 1 amide bonds. The first-order valence-electron chi connectivity index (χ1n) is 5.36. The molecule has 0 radical (unpaired) electrons. The summed E-state index contributed by atoms with van der Waals surface area (Å²) in [5, 5.41) is 5.48. The minimum atomic E-state index is -0.126. The Kier molecular flexibility index (Phi) is 4.43. The Balaban J connectivity index is 2.12. The zero-order chi connectivity index (χ0) is 13.1. The molecule has 1 aromatic carbocycles. The number of amides is 1. The maximum Gasteiger partial charge on any atom is 0.251 e. The highest BCUT2D eigenvalue weighted by atomic mass is 79.9. The molecule has 0 aliphatic carbocycles. The standard InChI is InChI=1S/C13H11BrClNOS/c1-8(12-3-2-4-18-12)16-13(17)9-5-10(14)7-11(15)6-9/h2-8H,1H3,(H,16,17). The quantitative estimate of drug-likeness (QED) is 0.862. The molecule has 18 heavy (non-hydrogen) atoms. The van der Waals surface area contributed by atoms with E-state index in [1.807, 2.05) is 24.4 Å². The minimum Gasteiger partial charge on any atom is -0.345 e. The Labute approximate surface area is 123 Å². The molecule has 94 valence electrons. The molecule has 2 nitrogen and oxygen atoms in total. The summed E-state index contributed by atoms with van der Waals surface area (Å²) < 4.78 is 0.795. The van der Waals surface area contributed by atoms with Gasteiger partial charge in [0.15, 0.2) is 0 Å². The number of carbonyl (C=O) groups excluding carboxylic acids is 1. The third-order valence-electron chi connectivity index (χ3n) is 2.44. The average molecular weight is 345 g/mol. The van der Waals surface area contributed by atoms with Gasteiger partial charge < -0.3 is 5.32 Å². The van der Waals surface area contributed by atoms with Crippen molar-refractivity contribution in [2.75, 3.05) is 0 Å². The van der Waals surface area contributed by atoms with E-state index in [0.717, 1.165) is 9.35 Å². The van der Waals surface area contributed by atoms with E-state index in [-0.39, 0.29) is 11.9 Å². The molecule has 1 heterocycles. The fourth-order valence-electron chi connectivity index (χ4n) is 1.57. The summed E-state index contributed by atoms with van der Waals surface area (Å²) in [7, 11) is 0. The Hall–Kier alpha value is -0.840. The van der Waals surface area contributed by atoms with Gasteiger partial charge in [0.2, 0.25) is 0 Å². The molecular formula is C13H11BrClNOS. The van der Waals surface area contributed by atoms with Crippen molar-refractivity contribution in [2.45, 2.75) is 13.0 Å². The lowest BCUT2D eigenvalue weighted by Crippen LogP contribution is -2.26. The van der Waals surface area contributed by atoms with Crippen LogP contribution in [-0.4, -0.2) is 5.91 Å². The van der Waals surface area contributed by atoms with E-state index in [9.17, 15) is 4.79 Å². The summed E-state index contributed by atoms with van der Waals surface area (Å²) in [5.74, 6) is -0.126. The molecule has 1 unspecified atom stereocenters. The van der Waals surface area contributed by atoms with Crippen LogP contribution in [0, 0.1) is 0 Å². The fourth-order valence-corrected chi connectivity index (χ4v) is 3.17. The van der Waals surface area contributed by atoms with Crippen molar-refractivity contribution in [1.82, 2.24) is 5.32 Å². The van der Waals surface area contributed by atoms with E-state index in [4.69, 9.17) is 11.6 Å². The van der Waals surface area contributed by atoms with Crippen molar-refractivity contribution in [2.24, 2.45) is 0 Å². The van der Waals surface area contributed by atoms with E-state index in [1.165, 1.54) is 0 Å². The third-order valence-corrected chi connectivity index (χ3v) is 4.17. The van der Waals surface area contributed by atoms with Crippen LogP contribution in [0.15, 0.2) is 40.2 Å². The van der Waals surface area contributed by atoms with Crippen molar-refractivity contribution >= 4 is 44.8 Å². The summed E-state index contributed by atoms with van der Waals surface area (Å²) in [5.41, 5.74) is 0.554. The number of thiophene rings is 1. The third kappa shape index (κ3) is 3.34. The van der Waals surface area contributed by atoms with Gasteiger partial charge in [-0.05, 0) is 36.6 Å². The molecule has 0 saturated carbocycles. The second-order valence-corrected chi connectivity index (χ2v) is 6.20. The second-order valence-electron chi connectivity index (χ2n) is 3.87. The summed E-state index contributed by atoms with van der Waals surface area (Å²) in [6.07, 6.45) is 0. The largest absolute Gasteiger partial charge is 0.345 e. The van der Waals surface area contributed by atoms with E-state index >= 15 is 0 Å². The van der Waals surface area contributed by atoms with E-state index in [2.05, 4.69) is 21.2 Å². The zero-order valence-electron chi connectivity index (χ0n) is 9.61. The number of hydrogen-bond donors (Lipinski definition) is 1. The molecule has 0 aliphatic rings. The van der Waals surface area contributed by atoms with Crippen LogP contribution < -0.4 is 5.32 Å². The smallest absolute Gasteiger partial charge is 0.251 e. The lowest BCUT2D eigenvalue weighted by molar-refractivity contribution is 0.0940. The van der Waals surface area contributed by atoms with Crippen molar-refractivity contribution in [3.63, 3.8) is 0 Å². The van der Waals surface area contributed by atoms with Crippen LogP contribution in [0.25, 0.3) is 0 Å². The first-order chi connectivity index (χ1) is 8.56. The maximum atomic E-state index is 12.1. The number of hydrogen-bond acceptors (Lipinski definition) is 2. The highest BCUT2D eigenvalue weighted by Crippen LogP contribution is 2.22. The average Bonchev–Trinajstić information content (AvgIpc) is 2.80. The summed E-state index contributed by atoms with van der Waals surface area (Å²) in [6, 6.07) is 9.13. The summed E-state index contributed by atoms with van der Waals surface area (Å²) in [4.78, 5) is 13.2. The first-order valence-corrected chi connectivity index (χ1v) is 7.41. The van der Waals surface area contributed by atoms with Crippen molar-refractivity contribution in [1.29, 1.82) is 0 Å². The van der Waals surface area contributed by atoms with Gasteiger partial charge in [0.05, 0.1) is 6.04 Å². The molecule has 0 spiro atoms. The highest BCUT2D eigenvalue weighted by Gasteiger charge is 2.13. The SMILES string of the molecule is CC(NC(=O)c1cc(Cl)cc(Br)c1)c1cccs1. The van der Waals surface area contributed by atoms with Crippen LogP contribution in [0.3, 0.4) is 0 Å². The molecule has 0 saturated heterocycles. The number of benzene rings is 1. The molecule has 1 atom stereocenters. The minimum absolute atomic E-state index is 0.00439. The second kappa shape index (κ2) is 5.87. The Morgan fingerprint density at radius 2 is 2.22 bits per heavy atom. The lowest BCUT2D eigenvalue weighted by atomic mass is 10.2. The molecule has 1 N–H and O–H groups in total. The van der Waals surface area contributed by atoms with Crippen molar-refractivity contribution in [3.8, 4) is 0 Å². The number of halogens is 2. The molecule has 0 aliphatic heterocycles. The van der Waals surface area contributed by atoms with Crippen molar-refractivity contribution < 1.29 is 4.79 Å². The van der Waals surface area contributed by atoms with E-state index in [0.29, 0.717) is 10.6 Å². The lowest BCUT2D eigenvalue weighted by Gasteiger charge is -2.12. The molecule has 0 fully saturated rings. The van der Waals surface area contributed by atoms with Gasteiger partial charge in [-0.3, -0.25) is 4.79 Å². The fraction of sp³-hybridized carbons (Fsp3) is 0.154. The maximum absolute atomic E-state index is 12.1. The normalized spacial score (nSPS) is 12.2. The van der Waals surface area contributed by atoms with Gasteiger partial charge in [0.25, 0.3) is 5.91 Å². The number of rotatable bonds is 3. The van der Waals surface area contributed by atoms with Crippen LogP contribution in [0.2, 0.25) is 5.02 Å². The van der Waals surface area contributed by atoms with Gasteiger partial charge >= 0.3 is 0 Å². The van der Waals surface area contributed by atoms with Crippen molar-refractivity contribution in [3.05, 3.63) is 55.6 Å². The van der Waals surface area contributed by atoms with Gasteiger partial charge in [-0.25, -0.2) is 0 Å². The molecule has 5 heteroatoms. The molecule has 2 rings (SSSR count). The Morgan fingerprint density at radius 1 is 1.44 bits per heavy atom. The van der Waals surface area contributed by atoms with Gasteiger partial charge in [0.1, 0.15) is 0 Å². The van der Waals surface area contributed by atoms with Gasteiger partial charge in [0, 0.05) is 19.9 Å². The summed E-state index contributed by atoms with van der Waals surface area (Å²) >= 11 is 10.9. The zero-order valence-corrected chi connectivity index (χ0v) is 12.8. The Morgan fingerprint density at radius 3 is 2.83 bits per heavy atom. The monoisotopic (exact) mass is 343 g/mol. The predicted octanol–water partition coefficient (Wildman–Crippen LogP) is 4.66. The molecular weight excluding hydrogens is 334 g/mol. The van der Waals surface area contributed by atoms with Crippen LogP contribution in [0.5, 0.6) is 0 Å². The van der Waals surface area contributed by atoms with E-state index in [1.54, 1.807) is 29.5 Å². The number of carbonyl (C=O) groups is 1. The predicted molar refractivity (Wildman–Crippen MR) is 79.4 cm³/mol. The molecule has 2 aromatic rings. The van der Waals surface area contributed by atoms with Crippen LogP contribution in [0.1, 0.15) is 28.2 Å². The van der Waals surface area contributed by atoms with Crippen LogP contribution >= 0.6 is 38.9 Å². The van der Waals surface area contributed by atoms with Crippen LogP contribution in [0.4, 0.5) is 0 Å².